The molecule has 1 N–H and O–H groups in total. The van der Waals surface area contributed by atoms with Gasteiger partial charge in [-0.1, -0.05) is 13.8 Å². The van der Waals surface area contributed by atoms with E-state index in [0.717, 1.165) is 38.2 Å². The van der Waals surface area contributed by atoms with Gasteiger partial charge in [0.15, 0.2) is 5.13 Å². The number of ether oxygens (including phenoxy) is 1. The number of carbonyl (C=O) groups is 1. The van der Waals surface area contributed by atoms with Crippen molar-refractivity contribution in [3.05, 3.63) is 11.1 Å². The zero-order valence-electron chi connectivity index (χ0n) is 13.1. The summed E-state index contributed by atoms with van der Waals surface area (Å²) in [6, 6.07) is 0. The lowest BCUT2D eigenvalue weighted by atomic mass is 10.1. The number of amides is 1. The Hall–Kier alpha value is -0.980. The zero-order chi connectivity index (χ0) is 15.2. The highest BCUT2D eigenvalue weighted by molar-refractivity contribution is 7.13. The highest BCUT2D eigenvalue weighted by atomic mass is 32.1. The van der Waals surface area contributed by atoms with Gasteiger partial charge in [0.1, 0.15) is 0 Å². The third kappa shape index (κ3) is 5.73. The maximum atomic E-state index is 12.0. The minimum atomic E-state index is 0.0194. The van der Waals surface area contributed by atoms with Crippen molar-refractivity contribution in [2.45, 2.75) is 39.7 Å². The molecule has 0 bridgehead atoms. The number of thiazole rings is 1. The third-order valence-corrected chi connectivity index (χ3v) is 4.31. The summed E-state index contributed by atoms with van der Waals surface area (Å²) in [7, 11) is 0. The van der Waals surface area contributed by atoms with Crippen LogP contribution in [0.25, 0.3) is 0 Å². The van der Waals surface area contributed by atoms with Gasteiger partial charge in [-0.15, -0.1) is 11.3 Å². The Labute approximate surface area is 130 Å². The molecule has 1 aliphatic rings. The Kier molecular flexibility index (Phi) is 6.14. The fraction of sp³-hybridized carbons (Fsp3) is 0.733. The first-order chi connectivity index (χ1) is 10.0. The molecule has 0 radical (unpaired) electrons. The van der Waals surface area contributed by atoms with Gasteiger partial charge in [0, 0.05) is 25.1 Å². The quantitative estimate of drug-likeness (QED) is 0.877. The Balaban J connectivity index is 1.67. The summed E-state index contributed by atoms with van der Waals surface area (Å²) in [6.45, 7) is 9.37. The molecule has 1 aliphatic heterocycles. The van der Waals surface area contributed by atoms with E-state index >= 15 is 0 Å². The second-order valence-corrected chi connectivity index (χ2v) is 6.90. The van der Waals surface area contributed by atoms with Crippen LogP contribution in [0, 0.1) is 12.8 Å². The third-order valence-electron chi connectivity index (χ3n) is 3.43. The van der Waals surface area contributed by atoms with Crippen LogP contribution in [-0.4, -0.2) is 48.1 Å². The van der Waals surface area contributed by atoms with Crippen molar-refractivity contribution in [2.24, 2.45) is 5.92 Å². The fourth-order valence-corrected chi connectivity index (χ4v) is 3.04. The normalized spacial score (nSPS) is 17.3. The van der Waals surface area contributed by atoms with Crippen LogP contribution in [0.1, 0.15) is 32.4 Å². The van der Waals surface area contributed by atoms with Crippen molar-refractivity contribution in [3.8, 4) is 0 Å². The number of rotatable bonds is 6. The first kappa shape index (κ1) is 16.4. The van der Waals surface area contributed by atoms with Crippen LogP contribution in [0.2, 0.25) is 0 Å². The molecule has 0 unspecified atom stereocenters. The molecule has 1 aromatic heterocycles. The van der Waals surface area contributed by atoms with Crippen LogP contribution in [0.5, 0.6) is 0 Å². The molecule has 0 spiro atoms. The molecular formula is C15H25N3O2S. The molecule has 0 aromatic carbocycles. The van der Waals surface area contributed by atoms with Crippen molar-refractivity contribution in [1.29, 1.82) is 0 Å². The monoisotopic (exact) mass is 311 g/mol. The molecule has 118 valence electrons. The standard InChI is InChI=1S/C15H25N3O2S/c1-11(2)9-20-13-4-6-18(7-5-13)8-14(19)17-15-16-12(3)10-21-15/h10-11,13H,4-9H2,1-3H3,(H,16,17,19). The summed E-state index contributed by atoms with van der Waals surface area (Å²) in [5.41, 5.74) is 0.943. The molecule has 21 heavy (non-hydrogen) atoms. The first-order valence-corrected chi connectivity index (χ1v) is 8.47. The van der Waals surface area contributed by atoms with Crippen molar-refractivity contribution in [1.82, 2.24) is 9.88 Å². The molecular weight excluding hydrogens is 286 g/mol. The van der Waals surface area contributed by atoms with E-state index in [4.69, 9.17) is 4.74 Å². The highest BCUT2D eigenvalue weighted by Crippen LogP contribution is 2.16. The number of carbonyl (C=O) groups excluding carboxylic acids is 1. The molecule has 5 nitrogen and oxygen atoms in total. The number of hydrogen-bond acceptors (Lipinski definition) is 5. The molecule has 0 aliphatic carbocycles. The second-order valence-electron chi connectivity index (χ2n) is 6.04. The molecule has 1 amide bonds. The van der Waals surface area contributed by atoms with Crippen LogP contribution in [-0.2, 0) is 9.53 Å². The van der Waals surface area contributed by atoms with E-state index < -0.39 is 0 Å². The number of aryl methyl sites for hydroxylation is 1. The average Bonchev–Trinajstić information content (AvgIpc) is 2.83. The number of piperidine rings is 1. The minimum Gasteiger partial charge on any atom is -0.378 e. The maximum absolute atomic E-state index is 12.0. The van der Waals surface area contributed by atoms with Gasteiger partial charge >= 0.3 is 0 Å². The van der Waals surface area contributed by atoms with Gasteiger partial charge in [0.05, 0.1) is 18.3 Å². The van der Waals surface area contributed by atoms with Gasteiger partial charge in [-0.25, -0.2) is 4.98 Å². The summed E-state index contributed by atoms with van der Waals surface area (Å²) in [5.74, 6) is 0.599. The lowest BCUT2D eigenvalue weighted by Gasteiger charge is -2.31. The zero-order valence-corrected chi connectivity index (χ0v) is 13.9. The Morgan fingerprint density at radius 1 is 1.52 bits per heavy atom. The first-order valence-electron chi connectivity index (χ1n) is 7.59. The predicted octanol–water partition coefficient (Wildman–Crippen LogP) is 2.53. The van der Waals surface area contributed by atoms with Crippen LogP contribution < -0.4 is 5.32 Å². The minimum absolute atomic E-state index is 0.0194. The number of likely N-dealkylation sites (tertiary alicyclic amines) is 1. The number of hydrogen-bond donors (Lipinski definition) is 1. The predicted molar refractivity (Wildman–Crippen MR) is 85.7 cm³/mol. The van der Waals surface area contributed by atoms with Gasteiger partial charge in [-0.2, -0.15) is 0 Å². The topological polar surface area (TPSA) is 54.5 Å². The summed E-state index contributed by atoms with van der Waals surface area (Å²) in [6.07, 6.45) is 2.38. The van der Waals surface area contributed by atoms with E-state index in [1.807, 2.05) is 12.3 Å². The van der Waals surface area contributed by atoms with Gasteiger partial charge in [-0.05, 0) is 25.7 Å². The molecule has 1 saturated heterocycles. The fourth-order valence-electron chi connectivity index (χ4n) is 2.34. The van der Waals surface area contributed by atoms with Crippen molar-refractivity contribution in [2.75, 3.05) is 31.6 Å². The average molecular weight is 311 g/mol. The smallest absolute Gasteiger partial charge is 0.240 e. The Morgan fingerprint density at radius 2 is 2.24 bits per heavy atom. The molecule has 2 rings (SSSR count). The van der Waals surface area contributed by atoms with E-state index in [0.29, 0.717) is 23.7 Å². The van der Waals surface area contributed by atoms with E-state index in [1.165, 1.54) is 11.3 Å². The molecule has 0 saturated carbocycles. The highest BCUT2D eigenvalue weighted by Gasteiger charge is 2.21. The summed E-state index contributed by atoms with van der Waals surface area (Å²) >= 11 is 1.47. The van der Waals surface area contributed by atoms with Crippen LogP contribution >= 0.6 is 11.3 Å². The van der Waals surface area contributed by atoms with Crippen LogP contribution in [0.15, 0.2) is 5.38 Å². The molecule has 1 aromatic rings. The van der Waals surface area contributed by atoms with Crippen LogP contribution in [0.4, 0.5) is 5.13 Å². The van der Waals surface area contributed by atoms with Gasteiger partial charge in [0.2, 0.25) is 5.91 Å². The van der Waals surface area contributed by atoms with E-state index in [2.05, 4.69) is 29.0 Å². The molecule has 2 heterocycles. The maximum Gasteiger partial charge on any atom is 0.240 e. The summed E-state index contributed by atoms with van der Waals surface area (Å²) < 4.78 is 5.86. The molecule has 1 fully saturated rings. The number of nitrogens with one attached hydrogen (secondary N) is 1. The number of nitrogens with zero attached hydrogens (tertiary/aromatic N) is 2. The Bertz CT molecular complexity index is 454. The van der Waals surface area contributed by atoms with Crippen molar-refractivity contribution < 1.29 is 9.53 Å². The number of anilines is 1. The lowest BCUT2D eigenvalue weighted by Crippen LogP contribution is -2.41. The summed E-state index contributed by atoms with van der Waals surface area (Å²) in [5, 5.41) is 5.48. The number of aromatic nitrogens is 1. The van der Waals surface area contributed by atoms with Gasteiger partial charge in [0.25, 0.3) is 0 Å². The molecule has 6 heteroatoms. The Morgan fingerprint density at radius 3 is 2.81 bits per heavy atom. The van der Waals surface area contributed by atoms with Crippen molar-refractivity contribution in [3.63, 3.8) is 0 Å². The SMILES string of the molecule is Cc1csc(NC(=O)CN2CCC(OCC(C)C)CC2)n1. The van der Waals surface area contributed by atoms with E-state index in [-0.39, 0.29) is 5.91 Å². The van der Waals surface area contributed by atoms with Crippen LogP contribution in [0.3, 0.4) is 0 Å². The second kappa shape index (κ2) is 7.87. The molecule has 0 atom stereocenters. The summed E-state index contributed by atoms with van der Waals surface area (Å²) in [4.78, 5) is 18.4. The van der Waals surface area contributed by atoms with Gasteiger partial charge in [-0.3, -0.25) is 9.69 Å². The van der Waals surface area contributed by atoms with E-state index in [9.17, 15) is 4.79 Å². The largest absolute Gasteiger partial charge is 0.378 e. The lowest BCUT2D eigenvalue weighted by molar-refractivity contribution is -0.118. The van der Waals surface area contributed by atoms with Gasteiger partial charge < -0.3 is 10.1 Å². The van der Waals surface area contributed by atoms with Crippen molar-refractivity contribution >= 4 is 22.4 Å². The van der Waals surface area contributed by atoms with E-state index in [1.54, 1.807) is 0 Å².